The van der Waals surface area contributed by atoms with Gasteiger partial charge in [0, 0.05) is 29.9 Å². The Morgan fingerprint density at radius 1 is 0.913 bits per heavy atom. The Balaban J connectivity index is 1.96. The number of benzene rings is 2. The highest BCUT2D eigenvalue weighted by molar-refractivity contribution is 6.22. The van der Waals surface area contributed by atoms with Crippen LogP contribution in [0, 0.1) is 0 Å². The van der Waals surface area contributed by atoms with Gasteiger partial charge in [-0.25, -0.2) is 0 Å². The summed E-state index contributed by atoms with van der Waals surface area (Å²) in [6.45, 7) is 4.38. The van der Waals surface area contributed by atoms with Crippen LogP contribution in [0.3, 0.4) is 0 Å². The summed E-state index contributed by atoms with van der Waals surface area (Å²) in [6, 6.07) is 12.7. The molecular weight excluding hydrogens is 292 g/mol. The minimum Gasteiger partial charge on any atom is -0.346 e. The largest absolute Gasteiger partial charge is 0.346 e. The molecule has 0 amide bonds. The summed E-state index contributed by atoms with van der Waals surface area (Å²) >= 11 is 0. The fourth-order valence-corrected chi connectivity index (χ4v) is 2.82. The smallest absolute Gasteiger partial charge is 0.222 e. The summed E-state index contributed by atoms with van der Waals surface area (Å²) < 4.78 is 10.7. The third-order valence-corrected chi connectivity index (χ3v) is 3.86. The predicted octanol–water partition coefficient (Wildman–Crippen LogP) is 3.48. The van der Waals surface area contributed by atoms with E-state index in [0.717, 1.165) is 11.1 Å². The van der Waals surface area contributed by atoms with Gasteiger partial charge in [-0.1, -0.05) is 36.4 Å². The summed E-state index contributed by atoms with van der Waals surface area (Å²) in [4.78, 5) is 25.1. The Morgan fingerprint density at radius 3 is 2.17 bits per heavy atom. The molecule has 118 valence electrons. The van der Waals surface area contributed by atoms with Crippen LogP contribution in [0.4, 0.5) is 0 Å². The molecule has 0 heterocycles. The van der Waals surface area contributed by atoms with Crippen molar-refractivity contribution in [2.75, 3.05) is 13.2 Å². The van der Waals surface area contributed by atoms with Gasteiger partial charge in [0.05, 0.1) is 0 Å². The summed E-state index contributed by atoms with van der Waals surface area (Å²) in [5.74, 6) is -0.310. The molecule has 0 radical (unpaired) electrons. The van der Waals surface area contributed by atoms with Gasteiger partial charge in [0.15, 0.2) is 5.78 Å². The summed E-state index contributed by atoms with van der Waals surface area (Å²) in [6.07, 6.45) is -0.929. The van der Waals surface area contributed by atoms with Crippen LogP contribution in [-0.2, 0) is 9.47 Å². The van der Waals surface area contributed by atoms with Crippen molar-refractivity contribution in [2.45, 2.75) is 20.1 Å². The van der Waals surface area contributed by atoms with E-state index in [9.17, 15) is 9.59 Å². The van der Waals surface area contributed by atoms with E-state index >= 15 is 0 Å². The molecule has 4 nitrogen and oxygen atoms in total. The number of ether oxygens (including phenoxy) is 2. The number of rotatable bonds is 6. The van der Waals surface area contributed by atoms with Gasteiger partial charge in [0.2, 0.25) is 12.1 Å². The molecule has 2 aromatic rings. The van der Waals surface area contributed by atoms with Gasteiger partial charge in [-0.05, 0) is 31.0 Å². The highest BCUT2D eigenvalue weighted by Gasteiger charge is 2.28. The van der Waals surface area contributed by atoms with Crippen LogP contribution in [0.5, 0.6) is 0 Å². The van der Waals surface area contributed by atoms with Crippen LogP contribution < -0.4 is 0 Å². The van der Waals surface area contributed by atoms with Crippen LogP contribution >= 0.6 is 0 Å². The van der Waals surface area contributed by atoms with Gasteiger partial charge in [-0.3, -0.25) is 9.59 Å². The first-order valence-electron chi connectivity index (χ1n) is 7.73. The molecule has 1 aliphatic rings. The van der Waals surface area contributed by atoms with Crippen LogP contribution in [-0.4, -0.2) is 31.1 Å². The lowest BCUT2D eigenvalue weighted by molar-refractivity contribution is -0.107. The fraction of sp³-hybridized carbons (Fsp3) is 0.263. The number of hydrogen-bond acceptors (Lipinski definition) is 4. The summed E-state index contributed by atoms with van der Waals surface area (Å²) in [5, 5.41) is 0. The minimum absolute atomic E-state index is 0.0466. The van der Waals surface area contributed by atoms with Gasteiger partial charge in [-0.2, -0.15) is 0 Å². The molecule has 0 aliphatic heterocycles. The van der Waals surface area contributed by atoms with E-state index in [2.05, 4.69) is 0 Å². The van der Waals surface area contributed by atoms with E-state index in [-0.39, 0.29) is 11.6 Å². The maximum absolute atomic E-state index is 12.5. The van der Waals surface area contributed by atoms with Crippen molar-refractivity contribution in [1.29, 1.82) is 0 Å². The Morgan fingerprint density at radius 2 is 1.52 bits per heavy atom. The van der Waals surface area contributed by atoms with Crippen LogP contribution in [0.15, 0.2) is 42.5 Å². The zero-order valence-electron chi connectivity index (χ0n) is 13.2. The van der Waals surface area contributed by atoms with E-state index in [0.29, 0.717) is 29.9 Å². The molecule has 0 fully saturated rings. The molecule has 2 aromatic carbocycles. The highest BCUT2D eigenvalue weighted by atomic mass is 16.7. The molecule has 0 saturated carbocycles. The Hall–Kier alpha value is -2.30. The average Bonchev–Trinajstić information content (AvgIpc) is 2.87. The maximum atomic E-state index is 12.5. The van der Waals surface area contributed by atoms with E-state index in [1.165, 1.54) is 0 Å². The van der Waals surface area contributed by atoms with Gasteiger partial charge in [0.25, 0.3) is 0 Å². The summed E-state index contributed by atoms with van der Waals surface area (Å²) in [5.41, 5.74) is 3.45. The third kappa shape index (κ3) is 2.71. The Labute approximate surface area is 135 Å². The molecule has 0 aromatic heterocycles. The quantitative estimate of drug-likeness (QED) is 0.516. The Kier molecular flexibility index (Phi) is 4.37. The van der Waals surface area contributed by atoms with Crippen molar-refractivity contribution in [2.24, 2.45) is 0 Å². The minimum atomic E-state index is -0.929. The molecule has 0 bridgehead atoms. The molecular formula is C19H18O4. The van der Waals surface area contributed by atoms with E-state index in [1.807, 2.05) is 44.2 Å². The van der Waals surface area contributed by atoms with Gasteiger partial charge >= 0.3 is 0 Å². The number of fused-ring (bicyclic) bond motifs is 3. The van der Waals surface area contributed by atoms with E-state index in [4.69, 9.17) is 9.47 Å². The van der Waals surface area contributed by atoms with Gasteiger partial charge < -0.3 is 9.47 Å². The lowest BCUT2D eigenvalue weighted by Gasteiger charge is -2.16. The summed E-state index contributed by atoms with van der Waals surface area (Å²) in [7, 11) is 0. The monoisotopic (exact) mass is 310 g/mol. The van der Waals surface area contributed by atoms with Crippen LogP contribution in [0.1, 0.15) is 40.1 Å². The topological polar surface area (TPSA) is 52.6 Å². The standard InChI is InChI=1S/C19H18O4/c1-3-22-19(23-4-2)17(20)12-9-10-14-13-7-5-6-8-15(13)18(21)16(14)11-12/h5-11,19H,3-4H2,1-2H3. The fourth-order valence-electron chi connectivity index (χ4n) is 2.82. The molecule has 4 heteroatoms. The second-order valence-electron chi connectivity index (χ2n) is 5.24. The van der Waals surface area contributed by atoms with Gasteiger partial charge in [0.1, 0.15) is 0 Å². The van der Waals surface area contributed by atoms with Crippen molar-refractivity contribution in [3.8, 4) is 11.1 Å². The van der Waals surface area contributed by atoms with Crippen LogP contribution in [0.2, 0.25) is 0 Å². The molecule has 0 atom stereocenters. The SMILES string of the molecule is CCOC(OCC)C(=O)c1ccc2c(c1)C(=O)c1ccccc1-2. The van der Waals surface area contributed by atoms with Crippen molar-refractivity contribution in [3.05, 3.63) is 59.2 Å². The van der Waals surface area contributed by atoms with Gasteiger partial charge in [-0.15, -0.1) is 0 Å². The first kappa shape index (κ1) is 15.6. The number of carbonyl (C=O) groups excluding carboxylic acids is 2. The predicted molar refractivity (Wildman–Crippen MR) is 86.7 cm³/mol. The number of Topliss-reactive ketones (excluding diaryl/α,β-unsaturated/α-hetero) is 1. The molecule has 0 spiro atoms. The van der Waals surface area contributed by atoms with E-state index < -0.39 is 6.29 Å². The Bertz CT molecular complexity index is 758. The van der Waals surface area contributed by atoms with E-state index in [1.54, 1.807) is 12.1 Å². The lowest BCUT2D eigenvalue weighted by Crippen LogP contribution is -2.28. The highest BCUT2D eigenvalue weighted by Crippen LogP contribution is 2.36. The van der Waals surface area contributed by atoms with Crippen molar-refractivity contribution in [1.82, 2.24) is 0 Å². The van der Waals surface area contributed by atoms with Crippen LogP contribution in [0.25, 0.3) is 11.1 Å². The molecule has 1 aliphatic carbocycles. The zero-order valence-corrected chi connectivity index (χ0v) is 13.2. The zero-order chi connectivity index (χ0) is 16.4. The third-order valence-electron chi connectivity index (χ3n) is 3.86. The number of hydrogen-bond donors (Lipinski definition) is 0. The second kappa shape index (κ2) is 6.44. The molecule has 0 saturated heterocycles. The molecule has 0 unspecified atom stereocenters. The first-order chi connectivity index (χ1) is 11.2. The molecule has 23 heavy (non-hydrogen) atoms. The van der Waals surface area contributed by atoms with Crippen molar-refractivity contribution < 1.29 is 19.1 Å². The number of carbonyl (C=O) groups is 2. The van der Waals surface area contributed by atoms with Crippen molar-refractivity contribution >= 4 is 11.6 Å². The molecule has 0 N–H and O–H groups in total. The molecule has 3 rings (SSSR count). The first-order valence-corrected chi connectivity index (χ1v) is 7.73. The van der Waals surface area contributed by atoms with Crippen molar-refractivity contribution in [3.63, 3.8) is 0 Å². The lowest BCUT2D eigenvalue weighted by atomic mass is 10.0. The second-order valence-corrected chi connectivity index (χ2v) is 5.24. The average molecular weight is 310 g/mol. The normalized spacial score (nSPS) is 12.4. The number of ketones is 2. The maximum Gasteiger partial charge on any atom is 0.222 e.